The second-order valence-corrected chi connectivity index (χ2v) is 8.36. The molecule has 6 nitrogen and oxygen atoms in total. The number of nitrogens with zero attached hydrogens (tertiary/aromatic N) is 5. The lowest BCUT2D eigenvalue weighted by Crippen LogP contribution is -2.04. The van der Waals surface area contributed by atoms with Gasteiger partial charge in [0, 0.05) is 18.2 Å². The highest BCUT2D eigenvalue weighted by Gasteiger charge is 2.31. The van der Waals surface area contributed by atoms with E-state index in [0.29, 0.717) is 16.0 Å². The average molecular weight is 466 g/mol. The largest absolute Gasteiger partial charge is 0.416 e. The van der Waals surface area contributed by atoms with E-state index in [4.69, 9.17) is 16.1 Å². The van der Waals surface area contributed by atoms with E-state index in [-0.39, 0.29) is 22.5 Å². The summed E-state index contributed by atoms with van der Waals surface area (Å²) in [6, 6.07) is 12.1. The van der Waals surface area contributed by atoms with Crippen molar-refractivity contribution in [3.05, 3.63) is 65.0 Å². The third kappa shape index (κ3) is 4.45. The Morgan fingerprint density at radius 1 is 1.10 bits per heavy atom. The number of halogens is 4. The molecule has 0 aliphatic carbocycles. The summed E-state index contributed by atoms with van der Waals surface area (Å²) in [5, 5.41) is 13.1. The summed E-state index contributed by atoms with van der Waals surface area (Å²) >= 11 is 7.58. The number of benzene rings is 2. The van der Waals surface area contributed by atoms with Gasteiger partial charge in [-0.2, -0.15) is 18.2 Å². The number of hydrogen-bond acceptors (Lipinski definition) is 6. The molecule has 1 unspecified atom stereocenters. The zero-order valence-electron chi connectivity index (χ0n) is 16.3. The quantitative estimate of drug-likeness (QED) is 0.334. The zero-order chi connectivity index (χ0) is 22.2. The molecular formula is C20H15ClF3N5OS. The van der Waals surface area contributed by atoms with E-state index in [1.54, 1.807) is 10.6 Å². The Hall–Kier alpha value is -2.85. The highest BCUT2D eigenvalue weighted by molar-refractivity contribution is 7.99. The van der Waals surface area contributed by atoms with Gasteiger partial charge in [-0.1, -0.05) is 52.8 Å². The van der Waals surface area contributed by atoms with Gasteiger partial charge >= 0.3 is 6.18 Å². The van der Waals surface area contributed by atoms with Crippen LogP contribution in [0.4, 0.5) is 13.2 Å². The van der Waals surface area contributed by atoms with E-state index in [2.05, 4.69) is 20.3 Å². The van der Waals surface area contributed by atoms with Crippen molar-refractivity contribution in [1.29, 1.82) is 0 Å². The second-order valence-electron chi connectivity index (χ2n) is 6.64. The lowest BCUT2D eigenvalue weighted by atomic mass is 10.1. The Kier molecular flexibility index (Phi) is 5.76. The van der Waals surface area contributed by atoms with Crippen molar-refractivity contribution in [3.8, 4) is 22.8 Å². The maximum absolute atomic E-state index is 13.0. The van der Waals surface area contributed by atoms with E-state index in [1.807, 2.05) is 32.2 Å². The van der Waals surface area contributed by atoms with Crippen LogP contribution in [0.3, 0.4) is 0 Å². The standard InChI is InChI=1S/C20H15ClF3N5OS/c1-11(31-19-27-26-17(29(19)2)14-8-3-4-9-15(14)21)18-25-16(28-30-18)12-6-5-7-13(10-12)20(22,23)24/h3-11H,1-2H3. The zero-order valence-corrected chi connectivity index (χ0v) is 17.8. The van der Waals surface area contributed by atoms with Gasteiger partial charge in [0.2, 0.25) is 11.7 Å². The van der Waals surface area contributed by atoms with Gasteiger partial charge < -0.3 is 9.09 Å². The molecule has 2 aromatic carbocycles. The molecule has 0 fully saturated rings. The summed E-state index contributed by atoms with van der Waals surface area (Å²) < 4.78 is 46.0. The van der Waals surface area contributed by atoms with E-state index in [1.165, 1.54) is 23.9 Å². The van der Waals surface area contributed by atoms with Gasteiger partial charge in [-0.25, -0.2) is 0 Å². The summed E-state index contributed by atoms with van der Waals surface area (Å²) in [5.41, 5.74) is 0.204. The summed E-state index contributed by atoms with van der Waals surface area (Å²) in [6.45, 7) is 1.83. The van der Waals surface area contributed by atoms with E-state index < -0.39 is 11.7 Å². The van der Waals surface area contributed by atoms with Crippen LogP contribution in [0, 0.1) is 0 Å². The van der Waals surface area contributed by atoms with Crippen LogP contribution in [0.15, 0.2) is 58.2 Å². The number of rotatable bonds is 5. The van der Waals surface area contributed by atoms with Crippen molar-refractivity contribution in [3.63, 3.8) is 0 Å². The third-order valence-electron chi connectivity index (χ3n) is 4.47. The molecule has 0 bridgehead atoms. The smallest absolute Gasteiger partial charge is 0.338 e. The van der Waals surface area contributed by atoms with Crippen LogP contribution in [0.2, 0.25) is 5.02 Å². The molecule has 0 N–H and O–H groups in total. The lowest BCUT2D eigenvalue weighted by Gasteiger charge is -2.07. The second kappa shape index (κ2) is 8.35. The molecule has 1 atom stereocenters. The first-order valence-corrected chi connectivity index (χ1v) is 10.3. The fourth-order valence-corrected chi connectivity index (χ4v) is 3.92. The van der Waals surface area contributed by atoms with Crippen molar-refractivity contribution in [2.75, 3.05) is 0 Å². The summed E-state index contributed by atoms with van der Waals surface area (Å²) in [5.74, 6) is 0.957. The van der Waals surface area contributed by atoms with Crippen LogP contribution in [0.1, 0.15) is 23.6 Å². The maximum atomic E-state index is 13.0. The van der Waals surface area contributed by atoms with Gasteiger partial charge in [0.15, 0.2) is 11.0 Å². The number of aromatic nitrogens is 5. The minimum absolute atomic E-state index is 0.0864. The molecule has 2 heterocycles. The van der Waals surface area contributed by atoms with Gasteiger partial charge in [0.1, 0.15) is 0 Å². The third-order valence-corrected chi connectivity index (χ3v) is 5.92. The average Bonchev–Trinajstić information content (AvgIpc) is 3.36. The molecule has 0 saturated heterocycles. The Morgan fingerprint density at radius 2 is 1.87 bits per heavy atom. The fourth-order valence-electron chi connectivity index (χ4n) is 2.86. The Bertz CT molecular complexity index is 1220. The van der Waals surface area contributed by atoms with Crippen molar-refractivity contribution in [2.45, 2.75) is 23.5 Å². The topological polar surface area (TPSA) is 69.6 Å². The molecule has 0 radical (unpaired) electrons. The molecule has 31 heavy (non-hydrogen) atoms. The molecule has 4 aromatic rings. The van der Waals surface area contributed by atoms with Crippen LogP contribution < -0.4 is 0 Å². The first kappa shape index (κ1) is 21.4. The van der Waals surface area contributed by atoms with Crippen LogP contribution >= 0.6 is 23.4 Å². The van der Waals surface area contributed by atoms with Gasteiger partial charge in [0.25, 0.3) is 0 Å². The highest BCUT2D eigenvalue weighted by Crippen LogP contribution is 2.36. The minimum Gasteiger partial charge on any atom is -0.338 e. The molecule has 0 aliphatic heterocycles. The number of hydrogen-bond donors (Lipinski definition) is 0. The summed E-state index contributed by atoms with van der Waals surface area (Å²) in [6.07, 6.45) is -4.45. The molecule has 160 valence electrons. The first-order chi connectivity index (χ1) is 14.7. The predicted molar refractivity (Wildman–Crippen MR) is 110 cm³/mol. The SMILES string of the molecule is CC(Sc1nnc(-c2ccccc2Cl)n1C)c1nc(-c2cccc(C(F)(F)F)c2)no1. The van der Waals surface area contributed by atoms with E-state index in [0.717, 1.165) is 17.7 Å². The van der Waals surface area contributed by atoms with Crippen molar-refractivity contribution in [1.82, 2.24) is 24.9 Å². The molecule has 4 rings (SSSR count). The summed E-state index contributed by atoms with van der Waals surface area (Å²) in [4.78, 5) is 4.26. The highest BCUT2D eigenvalue weighted by atomic mass is 35.5. The molecule has 0 spiro atoms. The maximum Gasteiger partial charge on any atom is 0.416 e. The number of alkyl halides is 3. The molecule has 0 aliphatic rings. The van der Waals surface area contributed by atoms with Gasteiger partial charge in [0.05, 0.1) is 15.8 Å². The Labute approximate surface area is 184 Å². The van der Waals surface area contributed by atoms with E-state index in [9.17, 15) is 13.2 Å². The van der Waals surface area contributed by atoms with Crippen LogP contribution in [-0.4, -0.2) is 24.9 Å². The fraction of sp³-hybridized carbons (Fsp3) is 0.200. The first-order valence-electron chi connectivity index (χ1n) is 9.06. The van der Waals surface area contributed by atoms with Crippen LogP contribution in [0.25, 0.3) is 22.8 Å². The molecule has 2 aromatic heterocycles. The van der Waals surface area contributed by atoms with Gasteiger partial charge in [-0.05, 0) is 31.2 Å². The normalized spacial score (nSPS) is 12.8. The van der Waals surface area contributed by atoms with Crippen molar-refractivity contribution < 1.29 is 17.7 Å². The number of thioether (sulfide) groups is 1. The lowest BCUT2D eigenvalue weighted by molar-refractivity contribution is -0.137. The van der Waals surface area contributed by atoms with Crippen molar-refractivity contribution in [2.24, 2.45) is 7.05 Å². The van der Waals surface area contributed by atoms with E-state index >= 15 is 0 Å². The van der Waals surface area contributed by atoms with Crippen molar-refractivity contribution >= 4 is 23.4 Å². The summed E-state index contributed by atoms with van der Waals surface area (Å²) in [7, 11) is 1.82. The molecule has 0 saturated carbocycles. The molecular weight excluding hydrogens is 451 g/mol. The monoisotopic (exact) mass is 465 g/mol. The molecule has 11 heteroatoms. The van der Waals surface area contributed by atoms with Gasteiger partial charge in [-0.3, -0.25) is 0 Å². The van der Waals surface area contributed by atoms with Crippen LogP contribution in [0.5, 0.6) is 0 Å². The Balaban J connectivity index is 1.54. The van der Waals surface area contributed by atoms with Gasteiger partial charge in [-0.15, -0.1) is 10.2 Å². The molecule has 0 amide bonds. The van der Waals surface area contributed by atoms with Crippen LogP contribution in [-0.2, 0) is 13.2 Å². The Morgan fingerprint density at radius 3 is 2.61 bits per heavy atom. The predicted octanol–water partition coefficient (Wildman–Crippen LogP) is 6.06. The minimum atomic E-state index is -4.45.